The number of hydrogen-bond acceptors (Lipinski definition) is 5. The molecule has 0 N–H and O–H groups in total. The Labute approximate surface area is 102 Å². The zero-order valence-corrected chi connectivity index (χ0v) is 10.0. The van der Waals surface area contributed by atoms with E-state index in [1.807, 2.05) is 0 Å². The lowest BCUT2D eigenvalue weighted by molar-refractivity contribution is -0.138. The van der Waals surface area contributed by atoms with E-state index in [1.54, 1.807) is 6.92 Å². The van der Waals surface area contributed by atoms with E-state index in [1.165, 1.54) is 0 Å². The number of esters is 1. The van der Waals surface area contributed by atoms with Crippen molar-refractivity contribution in [1.29, 1.82) is 0 Å². The van der Waals surface area contributed by atoms with Gasteiger partial charge in [-0.05, 0) is 12.1 Å². The molecular formula is C9H9Cl2N3O2. The van der Waals surface area contributed by atoms with Gasteiger partial charge in [-0.1, -0.05) is 29.8 Å². The molecule has 0 unspecified atom stereocenters. The summed E-state index contributed by atoms with van der Waals surface area (Å²) in [7, 11) is 0. The number of nitrogens with zero attached hydrogens (tertiary/aromatic N) is 3. The van der Waals surface area contributed by atoms with E-state index >= 15 is 0 Å². The SMILES string of the molecule is C=C(C)C(=O)OCCc1nnnc(Cl)c1Cl. The van der Waals surface area contributed by atoms with Crippen LogP contribution in [0.4, 0.5) is 0 Å². The molecule has 16 heavy (non-hydrogen) atoms. The first kappa shape index (κ1) is 12.9. The van der Waals surface area contributed by atoms with Crippen LogP contribution in [0.15, 0.2) is 12.2 Å². The molecule has 1 heterocycles. The smallest absolute Gasteiger partial charge is 0.333 e. The lowest BCUT2D eigenvalue weighted by Gasteiger charge is -2.04. The predicted octanol–water partition coefficient (Wildman–Crippen LogP) is 1.84. The van der Waals surface area contributed by atoms with Gasteiger partial charge in [-0.2, -0.15) is 0 Å². The summed E-state index contributed by atoms with van der Waals surface area (Å²) in [5.74, 6) is -0.454. The number of aromatic nitrogens is 3. The molecule has 1 aromatic rings. The van der Waals surface area contributed by atoms with Gasteiger partial charge in [-0.25, -0.2) is 4.79 Å². The van der Waals surface area contributed by atoms with Gasteiger partial charge in [0.1, 0.15) is 5.02 Å². The molecule has 86 valence electrons. The monoisotopic (exact) mass is 261 g/mol. The highest BCUT2D eigenvalue weighted by Crippen LogP contribution is 2.20. The van der Waals surface area contributed by atoms with Crippen molar-refractivity contribution in [2.75, 3.05) is 6.61 Å². The maximum Gasteiger partial charge on any atom is 0.333 e. The Hall–Kier alpha value is -1.20. The van der Waals surface area contributed by atoms with E-state index in [-0.39, 0.29) is 16.8 Å². The van der Waals surface area contributed by atoms with Gasteiger partial charge in [0.15, 0.2) is 5.15 Å². The lowest BCUT2D eigenvalue weighted by atomic mass is 10.3. The molecule has 0 spiro atoms. The van der Waals surface area contributed by atoms with Crippen molar-refractivity contribution in [3.63, 3.8) is 0 Å². The molecule has 0 radical (unpaired) electrons. The van der Waals surface area contributed by atoms with Gasteiger partial charge in [-0.15, -0.1) is 10.2 Å². The predicted molar refractivity (Wildman–Crippen MR) is 59.3 cm³/mol. The Kier molecular flexibility index (Phi) is 4.64. The second kappa shape index (κ2) is 5.77. The third-order valence-electron chi connectivity index (χ3n) is 1.65. The number of rotatable bonds is 4. The Bertz CT molecular complexity index is 423. The molecule has 0 saturated heterocycles. The molecular weight excluding hydrogens is 253 g/mol. The van der Waals surface area contributed by atoms with Gasteiger partial charge in [0.25, 0.3) is 0 Å². The fraction of sp³-hybridized carbons (Fsp3) is 0.333. The fourth-order valence-corrected chi connectivity index (χ4v) is 1.16. The van der Waals surface area contributed by atoms with Gasteiger partial charge in [0.05, 0.1) is 12.3 Å². The van der Waals surface area contributed by atoms with Crippen molar-refractivity contribution in [2.45, 2.75) is 13.3 Å². The lowest BCUT2D eigenvalue weighted by Crippen LogP contribution is -2.09. The first-order chi connectivity index (χ1) is 7.52. The number of halogens is 2. The van der Waals surface area contributed by atoms with E-state index in [2.05, 4.69) is 22.0 Å². The summed E-state index contributed by atoms with van der Waals surface area (Å²) >= 11 is 11.5. The largest absolute Gasteiger partial charge is 0.462 e. The molecule has 0 aliphatic rings. The van der Waals surface area contributed by atoms with Crippen molar-refractivity contribution < 1.29 is 9.53 Å². The van der Waals surface area contributed by atoms with Crippen LogP contribution in [0.1, 0.15) is 12.6 Å². The van der Waals surface area contributed by atoms with Crippen molar-refractivity contribution in [3.8, 4) is 0 Å². The summed E-state index contributed by atoms with van der Waals surface area (Å²) in [4.78, 5) is 11.1. The van der Waals surface area contributed by atoms with E-state index in [4.69, 9.17) is 27.9 Å². The fourth-order valence-electron chi connectivity index (χ4n) is 0.846. The minimum Gasteiger partial charge on any atom is -0.462 e. The molecule has 1 rings (SSSR count). The average Bonchev–Trinajstić information content (AvgIpc) is 2.24. The highest BCUT2D eigenvalue weighted by molar-refractivity contribution is 6.41. The number of ether oxygens (including phenoxy) is 1. The van der Waals surface area contributed by atoms with Crippen LogP contribution in [-0.4, -0.2) is 28.0 Å². The Morgan fingerprint density at radius 2 is 2.12 bits per heavy atom. The summed E-state index contributed by atoms with van der Waals surface area (Å²) in [5, 5.41) is 10.9. The minimum absolute atomic E-state index is 0.0814. The molecule has 1 aromatic heterocycles. The van der Waals surface area contributed by atoms with Crippen LogP contribution in [-0.2, 0) is 16.0 Å². The second-order valence-electron chi connectivity index (χ2n) is 3.01. The normalized spacial score (nSPS) is 9.94. The summed E-state index contributed by atoms with van der Waals surface area (Å²) in [5.41, 5.74) is 0.779. The van der Waals surface area contributed by atoms with E-state index in [0.29, 0.717) is 17.7 Å². The number of hydrogen-bond donors (Lipinski definition) is 0. The van der Waals surface area contributed by atoms with Crippen LogP contribution in [0.25, 0.3) is 0 Å². The van der Waals surface area contributed by atoms with Gasteiger partial charge >= 0.3 is 5.97 Å². The molecule has 0 fully saturated rings. The highest BCUT2D eigenvalue weighted by atomic mass is 35.5. The summed E-state index contributed by atoms with van der Waals surface area (Å²) in [6.07, 6.45) is 0.326. The topological polar surface area (TPSA) is 65.0 Å². The average molecular weight is 262 g/mol. The summed E-state index contributed by atoms with van der Waals surface area (Å²) in [6.45, 7) is 5.16. The van der Waals surface area contributed by atoms with Gasteiger partial charge < -0.3 is 4.74 Å². The Morgan fingerprint density at radius 1 is 1.44 bits per heavy atom. The van der Waals surface area contributed by atoms with Gasteiger partial charge in [-0.3, -0.25) is 0 Å². The van der Waals surface area contributed by atoms with Crippen molar-refractivity contribution in [3.05, 3.63) is 28.0 Å². The molecule has 0 aliphatic heterocycles. The molecule has 0 atom stereocenters. The maximum absolute atomic E-state index is 11.1. The number of carbonyl (C=O) groups is 1. The standard InChI is InChI=1S/C9H9Cl2N3O2/c1-5(2)9(15)16-4-3-6-7(10)8(11)13-14-12-6/h1,3-4H2,2H3. The quantitative estimate of drug-likeness (QED) is 0.611. The van der Waals surface area contributed by atoms with Crippen LogP contribution in [0.2, 0.25) is 10.2 Å². The van der Waals surface area contributed by atoms with Crippen LogP contribution >= 0.6 is 23.2 Å². The van der Waals surface area contributed by atoms with E-state index in [0.717, 1.165) is 0 Å². The molecule has 0 aliphatic carbocycles. The molecule has 0 amide bonds. The Morgan fingerprint density at radius 3 is 2.75 bits per heavy atom. The maximum atomic E-state index is 11.1. The van der Waals surface area contributed by atoms with Gasteiger partial charge in [0, 0.05) is 12.0 Å². The molecule has 0 aromatic carbocycles. The first-order valence-electron chi connectivity index (χ1n) is 4.38. The van der Waals surface area contributed by atoms with E-state index < -0.39 is 5.97 Å². The van der Waals surface area contributed by atoms with Gasteiger partial charge in [0.2, 0.25) is 0 Å². The summed E-state index contributed by atoms with van der Waals surface area (Å²) in [6, 6.07) is 0. The molecule has 7 heteroatoms. The van der Waals surface area contributed by atoms with Crippen molar-refractivity contribution >= 4 is 29.2 Å². The number of carbonyl (C=O) groups excluding carboxylic acids is 1. The van der Waals surface area contributed by atoms with Crippen molar-refractivity contribution in [2.24, 2.45) is 0 Å². The minimum atomic E-state index is -0.454. The van der Waals surface area contributed by atoms with Crippen LogP contribution in [0.5, 0.6) is 0 Å². The molecule has 0 saturated carbocycles. The highest BCUT2D eigenvalue weighted by Gasteiger charge is 2.09. The Balaban J connectivity index is 2.52. The second-order valence-corrected chi connectivity index (χ2v) is 3.74. The summed E-state index contributed by atoms with van der Waals surface area (Å²) < 4.78 is 4.87. The van der Waals surface area contributed by atoms with Crippen LogP contribution < -0.4 is 0 Å². The molecule has 5 nitrogen and oxygen atoms in total. The van der Waals surface area contributed by atoms with Crippen LogP contribution in [0, 0.1) is 0 Å². The third-order valence-corrected chi connectivity index (χ3v) is 2.41. The first-order valence-corrected chi connectivity index (χ1v) is 5.14. The van der Waals surface area contributed by atoms with Crippen molar-refractivity contribution in [1.82, 2.24) is 15.4 Å². The van der Waals surface area contributed by atoms with E-state index in [9.17, 15) is 4.79 Å². The third kappa shape index (κ3) is 3.43. The zero-order chi connectivity index (χ0) is 12.1. The zero-order valence-electron chi connectivity index (χ0n) is 8.54. The van der Waals surface area contributed by atoms with Crippen LogP contribution in [0.3, 0.4) is 0 Å². The molecule has 0 bridgehead atoms.